The summed E-state index contributed by atoms with van der Waals surface area (Å²) in [7, 11) is -3.33. The van der Waals surface area contributed by atoms with Crippen molar-refractivity contribution >= 4 is 33.5 Å². The van der Waals surface area contributed by atoms with Crippen LogP contribution >= 0.6 is 0 Å². The van der Waals surface area contributed by atoms with E-state index in [0.717, 1.165) is 0 Å². The Bertz CT molecular complexity index is 1090. The Kier molecular flexibility index (Phi) is 4.19. The number of benzene rings is 2. The van der Waals surface area contributed by atoms with E-state index in [0.29, 0.717) is 29.3 Å². The summed E-state index contributed by atoms with van der Waals surface area (Å²) in [5.41, 5.74) is 1.42. The zero-order valence-electron chi connectivity index (χ0n) is 14.9. The Labute approximate surface area is 161 Å². The molecule has 2 aliphatic heterocycles. The van der Waals surface area contributed by atoms with Crippen molar-refractivity contribution in [2.75, 3.05) is 16.6 Å². The van der Waals surface area contributed by atoms with Crippen LogP contribution < -0.4 is 4.31 Å². The molecule has 1 saturated heterocycles. The van der Waals surface area contributed by atoms with Gasteiger partial charge in [0, 0.05) is 6.54 Å². The highest BCUT2D eigenvalue weighted by molar-refractivity contribution is 7.93. The van der Waals surface area contributed by atoms with Gasteiger partial charge in [0.05, 0.1) is 28.1 Å². The zero-order valence-corrected chi connectivity index (χ0v) is 15.7. The summed E-state index contributed by atoms with van der Waals surface area (Å²) < 4.78 is 25.4. The number of hydrogen-bond acceptors (Lipinski definition) is 6. The molecule has 0 aromatic heterocycles. The summed E-state index contributed by atoms with van der Waals surface area (Å²) in [6.07, 6.45) is 0.547. The van der Waals surface area contributed by atoms with Crippen LogP contribution in [0.5, 0.6) is 0 Å². The first-order valence-electron chi connectivity index (χ1n) is 8.61. The molecule has 2 amide bonds. The summed E-state index contributed by atoms with van der Waals surface area (Å²) in [5, 5.41) is 0.450. The number of hydroxylamine groups is 2. The SMILES string of the molecule is Cc1cc(N2CCCS2(=O)=O)ccc1C(=O)ON1C(=O)c2ccccc2C1=O. The number of rotatable bonds is 3. The van der Waals surface area contributed by atoms with Gasteiger partial charge in [0.15, 0.2) is 0 Å². The van der Waals surface area contributed by atoms with Gasteiger partial charge in [-0.25, -0.2) is 13.2 Å². The van der Waals surface area contributed by atoms with Crippen molar-refractivity contribution in [3.05, 3.63) is 64.7 Å². The van der Waals surface area contributed by atoms with Crippen LogP contribution in [-0.4, -0.2) is 43.6 Å². The van der Waals surface area contributed by atoms with Crippen LogP contribution in [0, 0.1) is 6.92 Å². The molecule has 0 bridgehead atoms. The molecule has 28 heavy (non-hydrogen) atoms. The van der Waals surface area contributed by atoms with Crippen molar-refractivity contribution in [1.82, 2.24) is 5.06 Å². The maximum atomic E-state index is 12.5. The first-order chi connectivity index (χ1) is 13.3. The summed E-state index contributed by atoms with van der Waals surface area (Å²) in [5.74, 6) is -2.18. The van der Waals surface area contributed by atoms with E-state index in [2.05, 4.69) is 0 Å². The average molecular weight is 400 g/mol. The summed E-state index contributed by atoms with van der Waals surface area (Å²) in [6.45, 7) is 2.02. The quantitative estimate of drug-likeness (QED) is 0.730. The topological polar surface area (TPSA) is 101 Å². The Balaban J connectivity index is 1.57. The van der Waals surface area contributed by atoms with Gasteiger partial charge in [0.1, 0.15) is 0 Å². The van der Waals surface area contributed by atoms with Gasteiger partial charge < -0.3 is 4.84 Å². The summed E-state index contributed by atoms with van der Waals surface area (Å²) in [4.78, 5) is 42.2. The number of aryl methyl sites for hydroxylation is 1. The molecule has 144 valence electrons. The second kappa shape index (κ2) is 6.45. The number of carbonyl (C=O) groups excluding carboxylic acids is 3. The average Bonchev–Trinajstić information content (AvgIpc) is 3.13. The summed E-state index contributed by atoms with van der Waals surface area (Å²) >= 11 is 0. The van der Waals surface area contributed by atoms with Gasteiger partial charge >= 0.3 is 5.97 Å². The number of anilines is 1. The third kappa shape index (κ3) is 2.84. The largest absolute Gasteiger partial charge is 0.364 e. The van der Waals surface area contributed by atoms with Crippen LogP contribution in [0.4, 0.5) is 5.69 Å². The van der Waals surface area contributed by atoms with Gasteiger partial charge in [-0.05, 0) is 49.2 Å². The number of sulfonamides is 1. The monoisotopic (exact) mass is 400 g/mol. The van der Waals surface area contributed by atoms with E-state index in [1.165, 1.54) is 28.6 Å². The van der Waals surface area contributed by atoms with E-state index in [4.69, 9.17) is 4.84 Å². The number of amides is 2. The van der Waals surface area contributed by atoms with Crippen molar-refractivity contribution in [2.45, 2.75) is 13.3 Å². The third-order valence-electron chi connectivity index (χ3n) is 4.75. The van der Waals surface area contributed by atoms with E-state index >= 15 is 0 Å². The van der Waals surface area contributed by atoms with Gasteiger partial charge in [-0.2, -0.15) is 0 Å². The molecule has 0 unspecified atom stereocenters. The van der Waals surface area contributed by atoms with Crippen molar-refractivity contribution < 1.29 is 27.6 Å². The molecule has 8 nitrogen and oxygen atoms in total. The number of nitrogens with zero attached hydrogens (tertiary/aromatic N) is 2. The van der Waals surface area contributed by atoms with Gasteiger partial charge in [0.2, 0.25) is 10.0 Å². The molecule has 2 aliphatic rings. The minimum absolute atomic E-state index is 0.0928. The van der Waals surface area contributed by atoms with Crippen LogP contribution in [0.15, 0.2) is 42.5 Å². The third-order valence-corrected chi connectivity index (χ3v) is 6.62. The van der Waals surface area contributed by atoms with Crippen molar-refractivity contribution in [3.8, 4) is 0 Å². The molecule has 2 aromatic carbocycles. The van der Waals surface area contributed by atoms with E-state index in [1.807, 2.05) is 0 Å². The molecular formula is C19H16N2O6S. The Morgan fingerprint density at radius 1 is 1.04 bits per heavy atom. The Morgan fingerprint density at radius 3 is 2.21 bits per heavy atom. The molecular weight excluding hydrogens is 384 g/mol. The second-order valence-corrected chi connectivity index (χ2v) is 8.58. The maximum absolute atomic E-state index is 12.5. The molecule has 0 saturated carbocycles. The van der Waals surface area contributed by atoms with Gasteiger partial charge in [-0.15, -0.1) is 0 Å². The first-order valence-corrected chi connectivity index (χ1v) is 10.2. The highest BCUT2D eigenvalue weighted by atomic mass is 32.2. The molecule has 2 heterocycles. The molecule has 2 aromatic rings. The molecule has 0 aliphatic carbocycles. The van der Waals surface area contributed by atoms with E-state index in [9.17, 15) is 22.8 Å². The minimum atomic E-state index is -3.33. The van der Waals surface area contributed by atoms with Crippen LogP contribution in [-0.2, 0) is 14.9 Å². The lowest BCUT2D eigenvalue weighted by atomic mass is 10.1. The van der Waals surface area contributed by atoms with Crippen LogP contribution in [0.3, 0.4) is 0 Å². The smallest absolute Gasteiger partial charge is 0.324 e. The maximum Gasteiger partial charge on any atom is 0.364 e. The minimum Gasteiger partial charge on any atom is -0.324 e. The van der Waals surface area contributed by atoms with Crippen molar-refractivity contribution in [2.24, 2.45) is 0 Å². The number of carbonyl (C=O) groups is 3. The first kappa shape index (κ1) is 18.2. The van der Waals surface area contributed by atoms with Gasteiger partial charge in [-0.1, -0.05) is 17.2 Å². The molecule has 1 fully saturated rings. The lowest BCUT2D eigenvalue weighted by molar-refractivity contribution is -0.0585. The van der Waals surface area contributed by atoms with Crippen LogP contribution in [0.25, 0.3) is 0 Å². The lowest BCUT2D eigenvalue weighted by Crippen LogP contribution is -2.33. The van der Waals surface area contributed by atoms with E-state index in [1.54, 1.807) is 25.1 Å². The normalized spacial score (nSPS) is 17.8. The Morgan fingerprint density at radius 2 is 1.68 bits per heavy atom. The highest BCUT2D eigenvalue weighted by Gasteiger charge is 2.39. The number of hydrogen-bond donors (Lipinski definition) is 0. The molecule has 0 radical (unpaired) electrons. The number of imide groups is 1. The number of fused-ring (bicyclic) bond motifs is 1. The van der Waals surface area contributed by atoms with Gasteiger partial charge in [-0.3, -0.25) is 13.9 Å². The van der Waals surface area contributed by atoms with E-state index < -0.39 is 27.8 Å². The van der Waals surface area contributed by atoms with Gasteiger partial charge in [0.25, 0.3) is 11.8 Å². The fourth-order valence-electron chi connectivity index (χ4n) is 3.34. The zero-order chi connectivity index (χ0) is 20.1. The van der Waals surface area contributed by atoms with Crippen molar-refractivity contribution in [3.63, 3.8) is 0 Å². The molecule has 0 N–H and O–H groups in total. The lowest BCUT2D eigenvalue weighted by Gasteiger charge is -2.19. The standard InChI is InChI=1S/C19H16N2O6S/c1-12-11-13(20-9-4-10-28(20,25)26)7-8-14(12)19(24)27-21-17(22)15-5-2-3-6-16(15)18(21)23/h2-3,5-8,11H,4,9-10H2,1H3. The molecule has 9 heteroatoms. The van der Waals surface area contributed by atoms with E-state index in [-0.39, 0.29) is 22.4 Å². The second-order valence-electron chi connectivity index (χ2n) is 6.57. The predicted molar refractivity (Wildman–Crippen MR) is 99.3 cm³/mol. The molecule has 0 atom stereocenters. The Hall–Kier alpha value is -3.20. The molecule has 0 spiro atoms. The van der Waals surface area contributed by atoms with Crippen LogP contribution in [0.1, 0.15) is 43.1 Å². The predicted octanol–water partition coefficient (Wildman–Crippen LogP) is 1.90. The highest BCUT2D eigenvalue weighted by Crippen LogP contribution is 2.28. The van der Waals surface area contributed by atoms with Crippen LogP contribution in [0.2, 0.25) is 0 Å². The summed E-state index contributed by atoms with van der Waals surface area (Å²) in [6, 6.07) is 10.7. The van der Waals surface area contributed by atoms with Crippen molar-refractivity contribution in [1.29, 1.82) is 0 Å². The molecule has 4 rings (SSSR count). The fourth-order valence-corrected chi connectivity index (χ4v) is 4.90. The fraction of sp³-hybridized carbons (Fsp3) is 0.211.